The van der Waals surface area contributed by atoms with Gasteiger partial charge >= 0.3 is 5.97 Å². The van der Waals surface area contributed by atoms with E-state index in [1.807, 2.05) is 0 Å². The fraction of sp³-hybridized carbons (Fsp3) is 0.143. The third kappa shape index (κ3) is 1.51. The Balaban J connectivity index is 2.55. The predicted molar refractivity (Wildman–Crippen MR) is 47.1 cm³/mol. The molecular formula is C7H5ClN4O2. The molecule has 0 aliphatic heterocycles. The Labute approximate surface area is 83.2 Å². The Bertz CT molecular complexity index is 495. The van der Waals surface area contributed by atoms with Crippen LogP contribution in [0.3, 0.4) is 0 Å². The van der Waals surface area contributed by atoms with Crippen molar-refractivity contribution in [2.75, 3.05) is 0 Å². The van der Waals surface area contributed by atoms with E-state index in [2.05, 4.69) is 15.2 Å². The summed E-state index contributed by atoms with van der Waals surface area (Å²) in [5.41, 5.74) is 0. The predicted octanol–water partition coefficient (Wildman–Crippen LogP) is 0.405. The molecule has 0 unspecified atom stereocenters. The zero-order valence-corrected chi connectivity index (χ0v) is 7.64. The minimum absolute atomic E-state index is 0.205. The van der Waals surface area contributed by atoms with Crippen molar-refractivity contribution in [3.05, 3.63) is 23.2 Å². The van der Waals surface area contributed by atoms with Crippen molar-refractivity contribution in [2.24, 2.45) is 0 Å². The number of halogens is 1. The first-order chi connectivity index (χ1) is 6.66. The topological polar surface area (TPSA) is 80.4 Å². The second kappa shape index (κ2) is 3.22. The quantitative estimate of drug-likeness (QED) is 0.780. The molecule has 0 atom stereocenters. The summed E-state index contributed by atoms with van der Waals surface area (Å²) in [6, 6.07) is 0. The lowest BCUT2D eigenvalue weighted by molar-refractivity contribution is -0.136. The largest absolute Gasteiger partial charge is 0.481 e. The molecule has 0 aliphatic rings. The molecule has 72 valence electrons. The number of fused-ring (bicyclic) bond motifs is 1. The number of hydrogen-bond acceptors (Lipinski definition) is 4. The van der Waals surface area contributed by atoms with Gasteiger partial charge in [0.2, 0.25) is 0 Å². The van der Waals surface area contributed by atoms with Gasteiger partial charge in [0.15, 0.2) is 0 Å². The normalized spacial score (nSPS) is 10.6. The average Bonchev–Trinajstić information content (AvgIpc) is 2.47. The highest BCUT2D eigenvalue weighted by atomic mass is 35.5. The Morgan fingerprint density at radius 2 is 2.36 bits per heavy atom. The fourth-order valence-electron chi connectivity index (χ4n) is 1.07. The van der Waals surface area contributed by atoms with E-state index in [0.717, 1.165) is 0 Å². The fourth-order valence-corrected chi connectivity index (χ4v) is 1.21. The zero-order chi connectivity index (χ0) is 10.1. The number of carboxylic acid groups (broad SMARTS) is 1. The Morgan fingerprint density at radius 1 is 1.57 bits per heavy atom. The van der Waals surface area contributed by atoms with Gasteiger partial charge in [-0.25, -0.2) is 4.98 Å². The van der Waals surface area contributed by atoms with E-state index in [1.165, 1.54) is 16.8 Å². The van der Waals surface area contributed by atoms with Crippen LogP contribution in [0.2, 0.25) is 5.02 Å². The van der Waals surface area contributed by atoms with Crippen molar-refractivity contribution >= 4 is 23.3 Å². The average molecular weight is 213 g/mol. The molecule has 2 aromatic heterocycles. The molecule has 0 fully saturated rings. The molecule has 0 spiro atoms. The summed E-state index contributed by atoms with van der Waals surface area (Å²) in [6.07, 6.45) is 2.75. The van der Waals surface area contributed by atoms with Crippen LogP contribution >= 0.6 is 11.6 Å². The van der Waals surface area contributed by atoms with E-state index in [9.17, 15) is 4.79 Å². The van der Waals surface area contributed by atoms with Crippen LogP contribution in [-0.2, 0) is 11.2 Å². The van der Waals surface area contributed by atoms with Crippen molar-refractivity contribution in [3.63, 3.8) is 0 Å². The van der Waals surface area contributed by atoms with E-state index in [-0.39, 0.29) is 6.42 Å². The number of nitrogens with zero attached hydrogens (tertiary/aromatic N) is 4. The lowest BCUT2D eigenvalue weighted by Crippen LogP contribution is -2.04. The highest BCUT2D eigenvalue weighted by Crippen LogP contribution is 2.08. The van der Waals surface area contributed by atoms with Crippen molar-refractivity contribution in [1.82, 2.24) is 19.6 Å². The summed E-state index contributed by atoms with van der Waals surface area (Å²) in [6.45, 7) is 0. The maximum atomic E-state index is 10.5. The first-order valence-corrected chi connectivity index (χ1v) is 4.11. The molecule has 1 N–H and O–H groups in total. The van der Waals surface area contributed by atoms with Gasteiger partial charge in [0.05, 0.1) is 11.2 Å². The van der Waals surface area contributed by atoms with Crippen molar-refractivity contribution in [3.8, 4) is 0 Å². The molecule has 0 aromatic carbocycles. The van der Waals surface area contributed by atoms with Crippen LogP contribution in [0.5, 0.6) is 0 Å². The Kier molecular flexibility index (Phi) is 2.05. The summed E-state index contributed by atoms with van der Waals surface area (Å²) in [5, 5.41) is 16.4. The molecule has 2 heterocycles. The van der Waals surface area contributed by atoms with Crippen molar-refractivity contribution in [2.45, 2.75) is 6.42 Å². The van der Waals surface area contributed by atoms with Crippen LogP contribution in [0.4, 0.5) is 0 Å². The van der Waals surface area contributed by atoms with E-state index in [1.54, 1.807) is 0 Å². The van der Waals surface area contributed by atoms with Crippen LogP contribution in [0, 0.1) is 0 Å². The van der Waals surface area contributed by atoms with Crippen LogP contribution in [0.15, 0.2) is 12.4 Å². The Hall–Kier alpha value is -1.69. The molecule has 0 aliphatic carbocycles. The Morgan fingerprint density at radius 3 is 3.07 bits per heavy atom. The van der Waals surface area contributed by atoms with Crippen LogP contribution in [0.25, 0.3) is 5.78 Å². The molecule has 6 nitrogen and oxygen atoms in total. The van der Waals surface area contributed by atoms with Crippen LogP contribution in [-0.4, -0.2) is 30.7 Å². The molecule has 0 bridgehead atoms. The second-order valence-electron chi connectivity index (χ2n) is 2.63. The van der Waals surface area contributed by atoms with Crippen molar-refractivity contribution < 1.29 is 9.90 Å². The maximum absolute atomic E-state index is 10.5. The van der Waals surface area contributed by atoms with Crippen LogP contribution < -0.4 is 0 Å². The van der Waals surface area contributed by atoms with E-state index in [0.29, 0.717) is 16.6 Å². The molecule has 0 radical (unpaired) electrons. The number of carboxylic acids is 1. The zero-order valence-electron chi connectivity index (χ0n) is 6.88. The van der Waals surface area contributed by atoms with Gasteiger partial charge in [-0.2, -0.15) is 0 Å². The summed E-state index contributed by atoms with van der Waals surface area (Å²) in [4.78, 5) is 14.3. The highest BCUT2D eigenvalue weighted by molar-refractivity contribution is 6.30. The van der Waals surface area contributed by atoms with Gasteiger partial charge in [-0.05, 0) is 0 Å². The number of carbonyl (C=O) groups is 1. The molecule has 14 heavy (non-hydrogen) atoms. The van der Waals surface area contributed by atoms with Gasteiger partial charge in [-0.3, -0.25) is 9.20 Å². The van der Waals surface area contributed by atoms with Gasteiger partial charge in [-0.1, -0.05) is 11.6 Å². The number of aromatic nitrogens is 4. The summed E-state index contributed by atoms with van der Waals surface area (Å²) < 4.78 is 1.45. The van der Waals surface area contributed by atoms with Crippen LogP contribution in [0.1, 0.15) is 5.82 Å². The number of hydrogen-bond donors (Lipinski definition) is 1. The summed E-state index contributed by atoms with van der Waals surface area (Å²) in [7, 11) is 0. The highest BCUT2D eigenvalue weighted by Gasteiger charge is 2.09. The van der Waals surface area contributed by atoms with Gasteiger partial charge in [0.1, 0.15) is 12.2 Å². The molecule has 2 rings (SSSR count). The minimum atomic E-state index is -0.973. The monoisotopic (exact) mass is 212 g/mol. The molecule has 0 amide bonds. The number of aliphatic carboxylic acids is 1. The van der Waals surface area contributed by atoms with Gasteiger partial charge in [-0.15, -0.1) is 10.2 Å². The van der Waals surface area contributed by atoms with E-state index >= 15 is 0 Å². The molecular weight excluding hydrogens is 208 g/mol. The molecule has 2 aromatic rings. The second-order valence-corrected chi connectivity index (χ2v) is 3.07. The van der Waals surface area contributed by atoms with E-state index in [4.69, 9.17) is 16.7 Å². The first-order valence-electron chi connectivity index (χ1n) is 3.74. The van der Waals surface area contributed by atoms with Gasteiger partial charge in [0.25, 0.3) is 5.78 Å². The number of rotatable bonds is 2. The SMILES string of the molecule is O=C(O)Cc1nnc2ncc(Cl)cn12. The molecule has 0 saturated carbocycles. The van der Waals surface area contributed by atoms with Gasteiger partial charge in [0, 0.05) is 6.20 Å². The molecule has 7 heteroatoms. The molecule has 0 saturated heterocycles. The standard InChI is InChI=1S/C7H5ClN4O2/c8-4-2-9-7-11-10-5(1-6(13)14)12(7)3-4/h2-3H,1H2,(H,13,14). The third-order valence-corrected chi connectivity index (χ3v) is 1.81. The first kappa shape index (κ1) is 8.89. The summed E-state index contributed by atoms with van der Waals surface area (Å²) in [5.74, 6) is -0.326. The summed E-state index contributed by atoms with van der Waals surface area (Å²) >= 11 is 5.70. The maximum Gasteiger partial charge on any atom is 0.311 e. The lowest BCUT2D eigenvalue weighted by atomic mass is 10.4. The lowest BCUT2D eigenvalue weighted by Gasteiger charge is -1.95. The minimum Gasteiger partial charge on any atom is -0.481 e. The van der Waals surface area contributed by atoms with E-state index < -0.39 is 5.97 Å². The van der Waals surface area contributed by atoms with Gasteiger partial charge < -0.3 is 5.11 Å². The van der Waals surface area contributed by atoms with Crippen molar-refractivity contribution in [1.29, 1.82) is 0 Å². The third-order valence-electron chi connectivity index (χ3n) is 1.61. The smallest absolute Gasteiger partial charge is 0.311 e.